The van der Waals surface area contributed by atoms with Crippen molar-refractivity contribution in [2.45, 2.75) is 32.6 Å². The number of hydrogen-bond donors (Lipinski definition) is 1. The van der Waals surface area contributed by atoms with Crippen LogP contribution >= 0.6 is 0 Å². The van der Waals surface area contributed by atoms with E-state index in [1.54, 1.807) is 19.3 Å². The zero-order valence-electron chi connectivity index (χ0n) is 13.0. The van der Waals surface area contributed by atoms with Crippen LogP contribution in [0.5, 0.6) is 5.75 Å². The quantitative estimate of drug-likeness (QED) is 0.338. The molecule has 0 atom stereocenters. The van der Waals surface area contributed by atoms with Gasteiger partial charge in [0.1, 0.15) is 17.4 Å². The van der Waals surface area contributed by atoms with Gasteiger partial charge in [0.25, 0.3) is 0 Å². The maximum atomic E-state index is 10.9. The lowest BCUT2D eigenvalue weighted by atomic mass is 9.98. The Morgan fingerprint density at radius 1 is 1.27 bits per heavy atom. The van der Waals surface area contributed by atoms with Crippen molar-refractivity contribution >= 4 is 11.5 Å². The van der Waals surface area contributed by atoms with Crippen molar-refractivity contribution in [3.63, 3.8) is 0 Å². The van der Waals surface area contributed by atoms with Crippen molar-refractivity contribution in [1.82, 2.24) is 0 Å². The van der Waals surface area contributed by atoms with Crippen LogP contribution in [-0.4, -0.2) is 18.2 Å². The largest absolute Gasteiger partial charge is 0.497 e. The number of carboxylic acid groups (broad SMARTS) is 1. The monoisotopic (exact) mass is 299 g/mol. The minimum absolute atomic E-state index is 0.262. The van der Waals surface area contributed by atoms with E-state index in [4.69, 9.17) is 15.1 Å². The number of hydrogen-bond acceptors (Lipinski definition) is 3. The molecule has 22 heavy (non-hydrogen) atoms. The molecule has 116 valence electrons. The summed E-state index contributed by atoms with van der Waals surface area (Å²) in [5.41, 5.74) is 1.77. The highest BCUT2D eigenvalue weighted by Crippen LogP contribution is 2.24. The lowest BCUT2D eigenvalue weighted by Gasteiger charge is -2.08. The molecule has 0 aliphatic rings. The van der Waals surface area contributed by atoms with Crippen molar-refractivity contribution in [1.29, 1.82) is 5.26 Å². The Morgan fingerprint density at radius 2 is 1.95 bits per heavy atom. The van der Waals surface area contributed by atoms with E-state index >= 15 is 0 Å². The van der Waals surface area contributed by atoms with Crippen LogP contribution < -0.4 is 4.74 Å². The molecule has 0 radical (unpaired) electrons. The molecule has 1 N–H and O–H groups in total. The third-order valence-corrected chi connectivity index (χ3v) is 3.31. The third-order valence-electron chi connectivity index (χ3n) is 3.31. The fourth-order valence-electron chi connectivity index (χ4n) is 2.03. The Bertz CT molecular complexity index is 592. The number of aliphatic carboxylic acids is 1. The number of methoxy groups -OCH3 is 1. The SMILES string of the molecule is CCCCC/C(=C\C=C(\C#N)C(=O)O)c1ccc(OC)cc1. The lowest BCUT2D eigenvalue weighted by Crippen LogP contribution is -1.97. The molecule has 0 aromatic heterocycles. The summed E-state index contributed by atoms with van der Waals surface area (Å²) in [6, 6.07) is 9.31. The molecular formula is C18H21NO3. The first-order chi connectivity index (χ1) is 10.6. The van der Waals surface area contributed by atoms with Gasteiger partial charge in [-0.3, -0.25) is 0 Å². The molecule has 0 unspecified atom stereocenters. The molecule has 1 aromatic rings. The summed E-state index contributed by atoms with van der Waals surface area (Å²) >= 11 is 0. The van der Waals surface area contributed by atoms with Gasteiger partial charge in [-0.25, -0.2) is 4.79 Å². The normalized spacial score (nSPS) is 11.9. The van der Waals surface area contributed by atoms with Crippen molar-refractivity contribution in [3.05, 3.63) is 47.6 Å². The molecule has 0 aliphatic carbocycles. The summed E-state index contributed by atoms with van der Waals surface area (Å²) < 4.78 is 5.14. The highest BCUT2D eigenvalue weighted by Gasteiger charge is 2.06. The van der Waals surface area contributed by atoms with E-state index in [-0.39, 0.29) is 5.57 Å². The number of ether oxygens (including phenoxy) is 1. The van der Waals surface area contributed by atoms with Crippen LogP contribution in [0.1, 0.15) is 38.2 Å². The van der Waals surface area contributed by atoms with E-state index in [2.05, 4.69) is 6.92 Å². The molecule has 0 saturated heterocycles. The molecule has 0 fully saturated rings. The van der Waals surface area contributed by atoms with Crippen molar-refractivity contribution in [2.24, 2.45) is 0 Å². The van der Waals surface area contributed by atoms with Gasteiger partial charge in [-0.15, -0.1) is 0 Å². The second kappa shape index (κ2) is 9.41. The second-order valence-electron chi connectivity index (χ2n) is 4.87. The van der Waals surface area contributed by atoms with E-state index in [9.17, 15) is 4.79 Å². The number of unbranched alkanes of at least 4 members (excludes halogenated alkanes) is 2. The van der Waals surface area contributed by atoms with Crippen LogP contribution in [0.4, 0.5) is 0 Å². The number of nitriles is 1. The van der Waals surface area contributed by atoms with Crippen LogP contribution in [0, 0.1) is 11.3 Å². The maximum Gasteiger partial charge on any atom is 0.346 e. The van der Waals surface area contributed by atoms with Gasteiger partial charge in [0, 0.05) is 0 Å². The average Bonchev–Trinajstić information content (AvgIpc) is 2.53. The summed E-state index contributed by atoms with van der Waals surface area (Å²) in [6.07, 6.45) is 7.19. The Balaban J connectivity index is 3.05. The van der Waals surface area contributed by atoms with Gasteiger partial charge >= 0.3 is 5.97 Å². The summed E-state index contributed by atoms with van der Waals surface area (Å²) in [6.45, 7) is 2.13. The number of carbonyl (C=O) groups is 1. The predicted octanol–water partition coefficient (Wildman–Crippen LogP) is 4.19. The molecule has 4 heteroatoms. The van der Waals surface area contributed by atoms with Crippen LogP contribution in [0.3, 0.4) is 0 Å². The first kappa shape index (κ1) is 17.5. The third kappa shape index (κ3) is 5.45. The Hall–Kier alpha value is -2.54. The van der Waals surface area contributed by atoms with Crippen LogP contribution in [-0.2, 0) is 4.79 Å². The zero-order chi connectivity index (χ0) is 16.4. The maximum absolute atomic E-state index is 10.9. The van der Waals surface area contributed by atoms with Gasteiger partial charge < -0.3 is 9.84 Å². The first-order valence-corrected chi connectivity index (χ1v) is 7.31. The average molecular weight is 299 g/mol. The molecule has 1 aromatic carbocycles. The summed E-state index contributed by atoms with van der Waals surface area (Å²) in [5.74, 6) is -0.433. The van der Waals surface area contributed by atoms with Crippen molar-refractivity contribution in [3.8, 4) is 11.8 Å². The number of rotatable bonds is 8. The zero-order valence-corrected chi connectivity index (χ0v) is 13.0. The van der Waals surface area contributed by atoms with Crippen molar-refractivity contribution < 1.29 is 14.6 Å². The molecule has 4 nitrogen and oxygen atoms in total. The van der Waals surface area contributed by atoms with Crippen LogP contribution in [0.15, 0.2) is 42.0 Å². The molecule has 0 spiro atoms. The van der Waals surface area contributed by atoms with Gasteiger partial charge in [-0.05, 0) is 42.2 Å². The summed E-state index contributed by atoms with van der Waals surface area (Å²) in [4.78, 5) is 10.9. The second-order valence-corrected chi connectivity index (χ2v) is 4.87. The Morgan fingerprint density at radius 3 is 2.45 bits per heavy atom. The van der Waals surface area contributed by atoms with Gasteiger partial charge in [-0.2, -0.15) is 5.26 Å². The van der Waals surface area contributed by atoms with Gasteiger partial charge in [0.15, 0.2) is 0 Å². The number of benzene rings is 1. The van der Waals surface area contributed by atoms with E-state index in [0.29, 0.717) is 0 Å². The molecule has 0 bridgehead atoms. The standard InChI is InChI=1S/C18H21NO3/c1-3-4-5-6-14(7-8-16(13-19)18(20)21)15-9-11-17(22-2)12-10-15/h7-12H,3-6H2,1-2H3,(H,20,21)/b14-7+,16-8-. The number of carboxylic acids is 1. The smallest absolute Gasteiger partial charge is 0.346 e. The number of allylic oxidation sites excluding steroid dienone is 3. The van der Waals surface area contributed by atoms with Crippen molar-refractivity contribution in [2.75, 3.05) is 7.11 Å². The minimum atomic E-state index is -1.21. The Labute approximate surface area is 131 Å². The predicted molar refractivity (Wildman–Crippen MR) is 86.4 cm³/mol. The number of nitrogens with zero attached hydrogens (tertiary/aromatic N) is 1. The lowest BCUT2D eigenvalue weighted by molar-refractivity contribution is -0.132. The summed E-state index contributed by atoms with van der Waals surface area (Å²) in [5, 5.41) is 17.7. The molecule has 1 rings (SSSR count). The topological polar surface area (TPSA) is 70.3 Å². The van der Waals surface area contributed by atoms with Gasteiger partial charge in [0.2, 0.25) is 0 Å². The molecule has 0 saturated carbocycles. The molecule has 0 amide bonds. The van der Waals surface area contributed by atoms with Crippen LogP contribution in [0.2, 0.25) is 0 Å². The highest BCUT2D eigenvalue weighted by molar-refractivity contribution is 5.91. The van der Waals surface area contributed by atoms with E-state index < -0.39 is 5.97 Å². The molecule has 0 aliphatic heterocycles. The molecule has 0 heterocycles. The highest BCUT2D eigenvalue weighted by atomic mass is 16.5. The molecular weight excluding hydrogens is 278 g/mol. The van der Waals surface area contributed by atoms with E-state index in [0.717, 1.165) is 42.6 Å². The minimum Gasteiger partial charge on any atom is -0.497 e. The fraction of sp³-hybridized carbons (Fsp3) is 0.333. The van der Waals surface area contributed by atoms with E-state index in [1.807, 2.05) is 24.3 Å². The fourth-order valence-corrected chi connectivity index (χ4v) is 2.03. The van der Waals surface area contributed by atoms with E-state index in [1.165, 1.54) is 6.08 Å². The van der Waals surface area contributed by atoms with Crippen LogP contribution in [0.25, 0.3) is 5.57 Å². The summed E-state index contributed by atoms with van der Waals surface area (Å²) in [7, 11) is 1.61. The van der Waals surface area contributed by atoms with Gasteiger partial charge in [-0.1, -0.05) is 38.0 Å². The first-order valence-electron chi connectivity index (χ1n) is 7.31. The van der Waals surface area contributed by atoms with Gasteiger partial charge in [0.05, 0.1) is 7.11 Å². The Kier molecular flexibility index (Phi) is 7.49.